The Kier molecular flexibility index (Phi) is 10.7. The number of amides is 3. The van der Waals surface area contributed by atoms with Crippen molar-refractivity contribution in [1.82, 2.24) is 15.0 Å². The largest absolute Gasteiger partial charge is 0.395 e. The van der Waals surface area contributed by atoms with Crippen molar-refractivity contribution in [3.63, 3.8) is 0 Å². The highest BCUT2D eigenvalue weighted by Gasteiger charge is 2.66. The van der Waals surface area contributed by atoms with Gasteiger partial charge in [-0.15, -0.1) is 5.10 Å². The molecule has 0 aliphatic carbocycles. The van der Waals surface area contributed by atoms with Gasteiger partial charge in [0, 0.05) is 54.0 Å². The maximum absolute atomic E-state index is 16.9. The van der Waals surface area contributed by atoms with Gasteiger partial charge in [-0.05, 0) is 97.1 Å². The highest BCUT2D eigenvalue weighted by atomic mass is 28.4. The lowest BCUT2D eigenvalue weighted by atomic mass is 9.82. The first kappa shape index (κ1) is 41.7. The fourth-order valence-electron chi connectivity index (χ4n) is 10.9. The summed E-state index contributed by atoms with van der Waals surface area (Å²) >= 11 is 0. The van der Waals surface area contributed by atoms with E-state index in [9.17, 15) is 14.7 Å². The van der Waals surface area contributed by atoms with E-state index in [1.54, 1.807) is 32.5 Å². The van der Waals surface area contributed by atoms with Gasteiger partial charge in [-0.25, -0.2) is 0 Å². The number of aliphatic hydroxyl groups is 1. The summed E-state index contributed by atoms with van der Waals surface area (Å²) in [5.41, 5.74) is 6.81. The number of ether oxygens (including phenoxy) is 1. The quantitative estimate of drug-likeness (QED) is 0.102. The van der Waals surface area contributed by atoms with E-state index in [4.69, 9.17) is 4.74 Å². The van der Waals surface area contributed by atoms with Crippen LogP contribution in [0.2, 0.25) is 18.6 Å². The van der Waals surface area contributed by atoms with Crippen LogP contribution in [0.4, 0.5) is 32.5 Å². The van der Waals surface area contributed by atoms with Crippen LogP contribution in [-0.4, -0.2) is 58.9 Å². The van der Waals surface area contributed by atoms with Crippen molar-refractivity contribution >= 4 is 54.6 Å². The molecule has 4 aliphatic heterocycles. The van der Waals surface area contributed by atoms with Crippen LogP contribution in [0.25, 0.3) is 0 Å². The number of para-hydroxylation sites is 2. The zero-order valence-corrected chi connectivity index (χ0v) is 37.2. The van der Waals surface area contributed by atoms with Crippen LogP contribution in [0.3, 0.4) is 0 Å². The summed E-state index contributed by atoms with van der Waals surface area (Å²) in [6.45, 7) is 5.75. The second-order valence-corrected chi connectivity index (χ2v) is 21.9. The molecule has 3 amide bonds. The molecule has 0 saturated carbocycles. The number of carbonyl (C=O) groups excluding carboxylic acids is 3. The first-order chi connectivity index (χ1) is 31.0. The number of hydrogen-bond donors (Lipinski definition) is 1. The molecular weight excluding hydrogens is 824 g/mol. The number of nitrogens with zero attached hydrogens (tertiary/aromatic N) is 6. The monoisotopic (exact) mass is 874 g/mol. The van der Waals surface area contributed by atoms with Gasteiger partial charge in [0.1, 0.15) is 0 Å². The number of aromatic nitrogens is 3. The Morgan fingerprint density at radius 2 is 1.39 bits per heavy atom. The zero-order chi connectivity index (χ0) is 44.3. The summed E-state index contributed by atoms with van der Waals surface area (Å²) in [4.78, 5) is 47.7. The lowest BCUT2D eigenvalue weighted by molar-refractivity contribution is -0.146. The van der Waals surface area contributed by atoms with Crippen molar-refractivity contribution in [2.24, 2.45) is 5.92 Å². The number of halogens is 1. The number of fused-ring (bicyclic) bond motifs is 4. The molecule has 10 rings (SSSR count). The molecule has 6 aromatic rings. The molecule has 4 aliphatic rings. The number of aryl methyl sites for hydroxylation is 3. The SMILES string of the molecule is C[C@@H]1[C@@H]([Si](C)(C)F)[C@H](CCn2cc(C(CO)c3ccccc3)nn2)O[C@@]12C(=O)N(Cc1ccc(N3C(=O)CCc4ccccc43)cc1)c1ccc(N3C(=O)CCc4ccccc43)cc12. The van der Waals surface area contributed by atoms with Gasteiger partial charge in [-0.3, -0.25) is 28.9 Å². The van der Waals surface area contributed by atoms with E-state index in [1.165, 1.54) is 0 Å². The molecule has 5 aromatic carbocycles. The van der Waals surface area contributed by atoms with E-state index in [2.05, 4.69) is 16.4 Å². The van der Waals surface area contributed by atoms with Gasteiger partial charge in [-0.1, -0.05) is 91.0 Å². The molecule has 5 heterocycles. The minimum Gasteiger partial charge on any atom is -0.395 e. The molecule has 13 heteroatoms. The van der Waals surface area contributed by atoms with Crippen molar-refractivity contribution in [3.8, 4) is 0 Å². The Balaban J connectivity index is 1.00. The summed E-state index contributed by atoms with van der Waals surface area (Å²) in [6.07, 6.45) is 3.67. The summed E-state index contributed by atoms with van der Waals surface area (Å²) in [6, 6.07) is 38.9. The van der Waals surface area contributed by atoms with Gasteiger partial charge in [0.05, 0.1) is 47.9 Å². The second-order valence-electron chi connectivity index (χ2n) is 18.1. The molecule has 64 heavy (non-hydrogen) atoms. The highest BCUT2D eigenvalue weighted by molar-refractivity contribution is 6.72. The zero-order valence-electron chi connectivity index (χ0n) is 36.2. The van der Waals surface area contributed by atoms with Crippen LogP contribution in [-0.2, 0) is 50.7 Å². The number of rotatable bonds is 11. The first-order valence-electron chi connectivity index (χ1n) is 22.3. The van der Waals surface area contributed by atoms with E-state index in [0.717, 1.165) is 39.3 Å². The van der Waals surface area contributed by atoms with Crippen molar-refractivity contribution in [2.45, 2.75) is 88.4 Å². The Labute approximate surface area is 373 Å². The van der Waals surface area contributed by atoms with Crippen LogP contribution < -0.4 is 14.7 Å². The van der Waals surface area contributed by atoms with Gasteiger partial charge in [0.25, 0.3) is 5.91 Å². The lowest BCUT2D eigenvalue weighted by Crippen LogP contribution is -2.45. The number of carbonyl (C=O) groups is 3. The van der Waals surface area contributed by atoms with Crippen LogP contribution >= 0.6 is 0 Å². The fourth-order valence-corrected chi connectivity index (χ4v) is 13.4. The molecule has 1 N–H and O–H groups in total. The van der Waals surface area contributed by atoms with Crippen molar-refractivity contribution < 1.29 is 28.3 Å². The molecule has 1 unspecified atom stereocenters. The van der Waals surface area contributed by atoms with Gasteiger partial charge in [0.15, 0.2) is 5.60 Å². The van der Waals surface area contributed by atoms with Crippen molar-refractivity contribution in [1.29, 1.82) is 0 Å². The smallest absolute Gasteiger partial charge is 0.264 e. The fraction of sp³-hybridized carbons (Fsp3) is 0.314. The summed E-state index contributed by atoms with van der Waals surface area (Å²) in [7, 11) is -3.52. The Morgan fingerprint density at radius 3 is 2.03 bits per heavy atom. The van der Waals surface area contributed by atoms with Gasteiger partial charge in [0.2, 0.25) is 20.2 Å². The third-order valence-electron chi connectivity index (χ3n) is 13.9. The number of benzene rings is 5. The molecule has 5 atom stereocenters. The van der Waals surface area contributed by atoms with Gasteiger partial charge in [-0.2, -0.15) is 0 Å². The van der Waals surface area contributed by atoms with E-state index >= 15 is 8.90 Å². The summed E-state index contributed by atoms with van der Waals surface area (Å²) < 4.78 is 25.8. The summed E-state index contributed by atoms with van der Waals surface area (Å²) in [5.74, 6) is -1.19. The van der Waals surface area contributed by atoms with Crippen LogP contribution in [0.15, 0.2) is 128 Å². The molecule has 1 spiro atoms. The number of aliphatic hydroxyl groups excluding tert-OH is 1. The van der Waals surface area contributed by atoms with E-state index in [-0.39, 0.29) is 36.8 Å². The lowest BCUT2D eigenvalue weighted by Gasteiger charge is -2.32. The predicted octanol–water partition coefficient (Wildman–Crippen LogP) is 9.04. The maximum atomic E-state index is 16.9. The predicted molar refractivity (Wildman–Crippen MR) is 246 cm³/mol. The van der Waals surface area contributed by atoms with Crippen LogP contribution in [0.1, 0.15) is 65.6 Å². The van der Waals surface area contributed by atoms with Crippen LogP contribution in [0, 0.1) is 5.92 Å². The third-order valence-corrected chi connectivity index (χ3v) is 16.3. The summed E-state index contributed by atoms with van der Waals surface area (Å²) in [5, 5.41) is 19.1. The first-order valence-corrected chi connectivity index (χ1v) is 25.2. The van der Waals surface area contributed by atoms with Crippen molar-refractivity contribution in [3.05, 3.63) is 161 Å². The molecule has 0 radical (unpaired) electrons. The average Bonchev–Trinajstić information content (AvgIpc) is 3.96. The molecule has 1 aromatic heterocycles. The van der Waals surface area contributed by atoms with E-state index < -0.39 is 31.6 Å². The molecule has 1 saturated heterocycles. The number of hydrogen-bond acceptors (Lipinski definition) is 7. The molecular formula is C51H51FN6O5Si. The van der Waals surface area contributed by atoms with Gasteiger partial charge < -0.3 is 18.9 Å². The van der Waals surface area contributed by atoms with Crippen LogP contribution in [0.5, 0.6) is 0 Å². The third kappa shape index (κ3) is 7.06. The normalized spacial score (nSPS) is 22.2. The molecule has 1 fully saturated rings. The topological polar surface area (TPSA) is 121 Å². The highest BCUT2D eigenvalue weighted by Crippen LogP contribution is 2.61. The minimum absolute atomic E-state index is 0.0317. The van der Waals surface area contributed by atoms with E-state index in [1.807, 2.05) is 128 Å². The Bertz CT molecular complexity index is 2760. The number of anilines is 5. The Hall–Kier alpha value is -6.28. The molecule has 326 valence electrons. The van der Waals surface area contributed by atoms with E-state index in [0.29, 0.717) is 61.3 Å². The van der Waals surface area contributed by atoms with Gasteiger partial charge >= 0.3 is 0 Å². The average molecular weight is 875 g/mol. The standard InChI is InChI=1S/C51H51FN6O5Si/c1-33-49(64(2,3)52)46(27-28-55-31-42(53-54-55)40(32-59)35-11-5-4-6-12-35)63-51(33)41-29-39(58-44-16-10-8-14-37(44)20-26-48(58)61)23-24-45(41)56(50(51)62)30-34-17-21-38(22-18-34)57-43-15-9-7-13-36(43)19-25-47(57)60/h4-18,21-24,29,31,33,40,46,49,59H,19-20,25-28,30,32H2,1-3H3/t33-,40?,46+,49-,51+/m1/s1. The molecule has 0 bridgehead atoms. The minimum atomic E-state index is -3.52. The Morgan fingerprint density at radius 1 is 0.781 bits per heavy atom. The van der Waals surface area contributed by atoms with Crippen molar-refractivity contribution in [2.75, 3.05) is 21.3 Å². The molecule has 11 nitrogen and oxygen atoms in total. The maximum Gasteiger partial charge on any atom is 0.264 e. The second kappa shape index (κ2) is 16.4.